The predicted molar refractivity (Wildman–Crippen MR) is 69.3 cm³/mol. The van der Waals surface area contributed by atoms with E-state index < -0.39 is 0 Å². The zero-order valence-electron chi connectivity index (χ0n) is 10.8. The smallest absolute Gasteiger partial charge is 0.189 e. The van der Waals surface area contributed by atoms with Crippen molar-refractivity contribution < 1.29 is 9.47 Å². The zero-order chi connectivity index (χ0) is 12.5. The van der Waals surface area contributed by atoms with Gasteiger partial charge in [0.1, 0.15) is 5.75 Å². The molecule has 0 aromatic heterocycles. The third-order valence-electron chi connectivity index (χ3n) is 3.99. The standard InChI is InChI=1S/C14H20N2O2/c1-16-7-10(6-15)4-13(16)11-2-3-14-12(5-11)8-17-9-18-14/h2-3,5,10,13H,4,6-9,15H2,1H3. The fourth-order valence-electron chi connectivity index (χ4n) is 2.98. The summed E-state index contributed by atoms with van der Waals surface area (Å²) in [5, 5.41) is 0. The normalized spacial score (nSPS) is 27.9. The van der Waals surface area contributed by atoms with Gasteiger partial charge in [-0.05, 0) is 43.6 Å². The van der Waals surface area contributed by atoms with Gasteiger partial charge in [-0.1, -0.05) is 6.07 Å². The fraction of sp³-hybridized carbons (Fsp3) is 0.571. The third-order valence-corrected chi connectivity index (χ3v) is 3.99. The van der Waals surface area contributed by atoms with Crippen LogP contribution in [0.2, 0.25) is 0 Å². The Morgan fingerprint density at radius 1 is 1.44 bits per heavy atom. The van der Waals surface area contributed by atoms with E-state index in [0.29, 0.717) is 25.4 Å². The molecule has 2 aliphatic rings. The molecule has 0 amide bonds. The van der Waals surface area contributed by atoms with Gasteiger partial charge in [-0.15, -0.1) is 0 Å². The lowest BCUT2D eigenvalue weighted by Crippen LogP contribution is -2.21. The molecule has 18 heavy (non-hydrogen) atoms. The van der Waals surface area contributed by atoms with Crippen LogP contribution in [0, 0.1) is 5.92 Å². The molecule has 3 rings (SSSR count). The van der Waals surface area contributed by atoms with Gasteiger partial charge in [-0.2, -0.15) is 0 Å². The Bertz CT molecular complexity index is 436. The molecule has 0 spiro atoms. The summed E-state index contributed by atoms with van der Waals surface area (Å²) in [5.74, 6) is 1.57. The van der Waals surface area contributed by atoms with Crippen LogP contribution in [0.3, 0.4) is 0 Å². The molecule has 2 N–H and O–H groups in total. The monoisotopic (exact) mass is 248 g/mol. The van der Waals surface area contributed by atoms with Crippen LogP contribution < -0.4 is 10.5 Å². The van der Waals surface area contributed by atoms with Crippen LogP contribution in [0.5, 0.6) is 5.75 Å². The van der Waals surface area contributed by atoms with Gasteiger partial charge >= 0.3 is 0 Å². The number of benzene rings is 1. The van der Waals surface area contributed by atoms with Crippen molar-refractivity contribution in [2.24, 2.45) is 11.7 Å². The number of nitrogens with zero attached hydrogens (tertiary/aromatic N) is 1. The number of likely N-dealkylation sites (tertiary alicyclic amines) is 1. The fourth-order valence-corrected chi connectivity index (χ4v) is 2.98. The molecule has 1 aromatic carbocycles. The van der Waals surface area contributed by atoms with Crippen molar-refractivity contribution >= 4 is 0 Å². The van der Waals surface area contributed by atoms with E-state index in [1.54, 1.807) is 0 Å². The van der Waals surface area contributed by atoms with E-state index in [1.165, 1.54) is 5.56 Å². The average Bonchev–Trinajstić information content (AvgIpc) is 2.79. The Morgan fingerprint density at radius 2 is 2.33 bits per heavy atom. The maximum atomic E-state index is 5.78. The molecule has 2 heterocycles. The number of rotatable bonds is 2. The lowest BCUT2D eigenvalue weighted by molar-refractivity contribution is -0.0164. The maximum absolute atomic E-state index is 5.78. The Balaban J connectivity index is 1.84. The highest BCUT2D eigenvalue weighted by Crippen LogP contribution is 2.36. The molecule has 2 atom stereocenters. The number of hydrogen-bond acceptors (Lipinski definition) is 4. The van der Waals surface area contributed by atoms with E-state index in [4.69, 9.17) is 15.2 Å². The molecule has 1 fully saturated rings. The predicted octanol–water partition coefficient (Wildman–Crippen LogP) is 1.50. The number of fused-ring (bicyclic) bond motifs is 1. The number of hydrogen-bond donors (Lipinski definition) is 1. The molecule has 4 nitrogen and oxygen atoms in total. The second-order valence-corrected chi connectivity index (χ2v) is 5.27. The van der Waals surface area contributed by atoms with E-state index in [9.17, 15) is 0 Å². The minimum absolute atomic E-state index is 0.366. The largest absolute Gasteiger partial charge is 0.467 e. The van der Waals surface area contributed by atoms with Crippen molar-refractivity contribution in [3.8, 4) is 5.75 Å². The summed E-state index contributed by atoms with van der Waals surface area (Å²) >= 11 is 0. The summed E-state index contributed by atoms with van der Waals surface area (Å²) in [6, 6.07) is 6.93. The average molecular weight is 248 g/mol. The summed E-state index contributed by atoms with van der Waals surface area (Å²) < 4.78 is 10.8. The van der Waals surface area contributed by atoms with Gasteiger partial charge in [-0.3, -0.25) is 4.90 Å². The molecule has 2 unspecified atom stereocenters. The molecule has 2 aliphatic heterocycles. The van der Waals surface area contributed by atoms with Crippen molar-refractivity contribution in [1.82, 2.24) is 4.90 Å². The minimum atomic E-state index is 0.366. The van der Waals surface area contributed by atoms with E-state index in [2.05, 4.69) is 30.1 Å². The van der Waals surface area contributed by atoms with Crippen LogP contribution in [0.4, 0.5) is 0 Å². The van der Waals surface area contributed by atoms with E-state index in [-0.39, 0.29) is 0 Å². The van der Waals surface area contributed by atoms with Gasteiger partial charge in [-0.25, -0.2) is 0 Å². The first-order valence-corrected chi connectivity index (χ1v) is 6.51. The van der Waals surface area contributed by atoms with Crippen molar-refractivity contribution in [2.75, 3.05) is 26.9 Å². The molecule has 0 radical (unpaired) electrons. The number of ether oxygens (including phenoxy) is 2. The summed E-state index contributed by atoms with van der Waals surface area (Å²) in [6.07, 6.45) is 1.15. The summed E-state index contributed by atoms with van der Waals surface area (Å²) in [7, 11) is 2.17. The highest BCUT2D eigenvalue weighted by Gasteiger charge is 2.30. The molecule has 98 valence electrons. The van der Waals surface area contributed by atoms with Gasteiger partial charge in [0.25, 0.3) is 0 Å². The molecule has 4 heteroatoms. The quantitative estimate of drug-likeness (QED) is 0.861. The Labute approximate surface area is 108 Å². The van der Waals surface area contributed by atoms with Crippen LogP contribution in [0.1, 0.15) is 23.6 Å². The molecular formula is C14H20N2O2. The molecule has 1 aromatic rings. The first-order chi connectivity index (χ1) is 8.78. The molecule has 1 saturated heterocycles. The summed E-state index contributed by atoms with van der Waals surface area (Å²) in [4.78, 5) is 2.39. The van der Waals surface area contributed by atoms with E-state index in [1.807, 2.05) is 0 Å². The van der Waals surface area contributed by atoms with Crippen LogP contribution in [0.15, 0.2) is 18.2 Å². The lowest BCUT2D eigenvalue weighted by atomic mass is 9.98. The van der Waals surface area contributed by atoms with Gasteiger partial charge in [0.2, 0.25) is 0 Å². The highest BCUT2D eigenvalue weighted by molar-refractivity contribution is 5.39. The zero-order valence-corrected chi connectivity index (χ0v) is 10.8. The van der Waals surface area contributed by atoms with Crippen molar-refractivity contribution in [2.45, 2.75) is 19.1 Å². The SMILES string of the molecule is CN1CC(CN)CC1c1ccc2c(c1)COCO2. The molecule has 0 saturated carbocycles. The van der Waals surface area contributed by atoms with Crippen molar-refractivity contribution in [1.29, 1.82) is 0 Å². The second kappa shape index (κ2) is 4.88. The van der Waals surface area contributed by atoms with Crippen LogP contribution in [0.25, 0.3) is 0 Å². The van der Waals surface area contributed by atoms with Crippen molar-refractivity contribution in [3.05, 3.63) is 29.3 Å². The topological polar surface area (TPSA) is 47.7 Å². The van der Waals surface area contributed by atoms with E-state index in [0.717, 1.165) is 30.8 Å². The summed E-state index contributed by atoms with van der Waals surface area (Å²) in [6.45, 7) is 2.88. The molecule has 0 aliphatic carbocycles. The minimum Gasteiger partial charge on any atom is -0.467 e. The van der Waals surface area contributed by atoms with Crippen LogP contribution in [-0.2, 0) is 11.3 Å². The molecular weight excluding hydrogens is 228 g/mol. The van der Waals surface area contributed by atoms with Gasteiger partial charge < -0.3 is 15.2 Å². The van der Waals surface area contributed by atoms with Crippen molar-refractivity contribution in [3.63, 3.8) is 0 Å². The Kier molecular flexibility index (Phi) is 3.24. The lowest BCUT2D eigenvalue weighted by Gasteiger charge is -2.23. The number of nitrogens with two attached hydrogens (primary N) is 1. The third kappa shape index (κ3) is 2.11. The second-order valence-electron chi connectivity index (χ2n) is 5.27. The first kappa shape index (κ1) is 12.0. The van der Waals surface area contributed by atoms with Crippen LogP contribution >= 0.6 is 0 Å². The Morgan fingerprint density at radius 3 is 3.11 bits per heavy atom. The van der Waals surface area contributed by atoms with Gasteiger partial charge in [0.15, 0.2) is 6.79 Å². The summed E-state index contributed by atoms with van der Waals surface area (Å²) in [5.41, 5.74) is 8.28. The first-order valence-electron chi connectivity index (χ1n) is 6.51. The van der Waals surface area contributed by atoms with Gasteiger partial charge in [0, 0.05) is 18.2 Å². The van der Waals surface area contributed by atoms with Crippen LogP contribution in [-0.4, -0.2) is 31.8 Å². The molecule has 0 bridgehead atoms. The maximum Gasteiger partial charge on any atom is 0.189 e. The Hall–Kier alpha value is -1.10. The van der Waals surface area contributed by atoms with E-state index >= 15 is 0 Å². The van der Waals surface area contributed by atoms with Gasteiger partial charge in [0.05, 0.1) is 6.61 Å². The highest BCUT2D eigenvalue weighted by atomic mass is 16.7.